The van der Waals surface area contributed by atoms with Crippen LogP contribution in [0.5, 0.6) is 0 Å². The predicted molar refractivity (Wildman–Crippen MR) is 118 cm³/mol. The number of fused-ring (bicyclic) bond motifs is 1. The fourth-order valence-electron chi connectivity index (χ4n) is 5.89. The number of nitrogens with one attached hydrogen (secondary N) is 1. The van der Waals surface area contributed by atoms with Crippen molar-refractivity contribution in [3.05, 3.63) is 30.1 Å². The molecule has 0 aromatic carbocycles. The normalized spacial score (nSPS) is 29.6. The van der Waals surface area contributed by atoms with Crippen LogP contribution in [-0.4, -0.2) is 74.6 Å². The zero-order valence-electron chi connectivity index (χ0n) is 18.4. The summed E-state index contributed by atoms with van der Waals surface area (Å²) >= 11 is 0. The molecule has 3 fully saturated rings. The lowest BCUT2D eigenvalue weighted by Gasteiger charge is -2.47. The maximum Gasteiger partial charge on any atom is 0.151 e. The molecule has 2 aromatic heterocycles. The number of hydrogen-bond donors (Lipinski definition) is 2. The Kier molecular flexibility index (Phi) is 4.36. The molecule has 4 heterocycles. The molecule has 0 radical (unpaired) electrons. The first-order valence-corrected chi connectivity index (χ1v) is 11.6. The summed E-state index contributed by atoms with van der Waals surface area (Å²) in [5.41, 5.74) is 1.81. The molecule has 2 saturated carbocycles. The Morgan fingerprint density at radius 2 is 1.97 bits per heavy atom. The van der Waals surface area contributed by atoms with Crippen molar-refractivity contribution >= 4 is 11.4 Å². The van der Waals surface area contributed by atoms with E-state index in [0.717, 1.165) is 68.2 Å². The standard InChI is InChI=1S/C23H32N6O2/c1-16-15-31-12-11-28(16)20-13-18(23(30)8-6-22(4-5-22)7-9-23)17-14-25-29(21(17)27(20)2)19-3-10-24-26-19/h3,10,13-14,16,20,30H,4-9,11-12,15H2,1-2H3,(H,24,26)/t16-,20?/m1/s1. The highest BCUT2D eigenvalue weighted by Crippen LogP contribution is 2.60. The van der Waals surface area contributed by atoms with Gasteiger partial charge in [0.1, 0.15) is 12.0 Å². The van der Waals surface area contributed by atoms with Crippen molar-refractivity contribution in [2.24, 2.45) is 5.41 Å². The van der Waals surface area contributed by atoms with Crippen LogP contribution in [-0.2, 0) is 4.74 Å². The van der Waals surface area contributed by atoms with Gasteiger partial charge in [0, 0.05) is 31.3 Å². The van der Waals surface area contributed by atoms with Crippen LogP contribution in [0.1, 0.15) is 51.0 Å². The molecule has 2 aromatic rings. The van der Waals surface area contributed by atoms with Gasteiger partial charge in [0.15, 0.2) is 5.82 Å². The van der Waals surface area contributed by atoms with E-state index in [1.807, 2.05) is 16.9 Å². The number of morpholine rings is 1. The highest BCUT2D eigenvalue weighted by molar-refractivity contribution is 5.83. The van der Waals surface area contributed by atoms with E-state index in [0.29, 0.717) is 11.5 Å². The molecule has 0 amide bonds. The number of hydrogen-bond acceptors (Lipinski definition) is 6. The van der Waals surface area contributed by atoms with Crippen molar-refractivity contribution in [2.45, 2.75) is 63.3 Å². The van der Waals surface area contributed by atoms with Crippen LogP contribution in [0.15, 0.2) is 24.5 Å². The number of anilines is 1. The van der Waals surface area contributed by atoms with E-state index in [1.54, 1.807) is 6.20 Å². The van der Waals surface area contributed by atoms with Crippen LogP contribution >= 0.6 is 0 Å². The van der Waals surface area contributed by atoms with Gasteiger partial charge >= 0.3 is 0 Å². The summed E-state index contributed by atoms with van der Waals surface area (Å²) in [5, 5.41) is 23.8. The summed E-state index contributed by atoms with van der Waals surface area (Å²) in [5.74, 6) is 1.83. The fourth-order valence-corrected chi connectivity index (χ4v) is 5.89. The summed E-state index contributed by atoms with van der Waals surface area (Å²) in [7, 11) is 2.12. The maximum atomic E-state index is 11.9. The third-order valence-corrected chi connectivity index (χ3v) is 8.15. The van der Waals surface area contributed by atoms with E-state index in [4.69, 9.17) is 9.84 Å². The monoisotopic (exact) mass is 424 g/mol. The van der Waals surface area contributed by atoms with E-state index < -0.39 is 5.60 Å². The Labute approximate surface area is 182 Å². The molecule has 2 N–H and O–H groups in total. The van der Waals surface area contributed by atoms with E-state index in [2.05, 4.69) is 40.0 Å². The third kappa shape index (κ3) is 3.07. The van der Waals surface area contributed by atoms with E-state index in [1.165, 1.54) is 12.8 Å². The quantitative estimate of drug-likeness (QED) is 0.788. The van der Waals surface area contributed by atoms with Crippen molar-refractivity contribution in [3.63, 3.8) is 0 Å². The molecule has 8 heteroatoms. The van der Waals surface area contributed by atoms with Gasteiger partial charge in [-0.15, -0.1) is 0 Å². The van der Waals surface area contributed by atoms with Gasteiger partial charge in [-0.2, -0.15) is 14.9 Å². The second kappa shape index (κ2) is 6.92. The number of ether oxygens (including phenoxy) is 1. The molecule has 6 rings (SSSR count). The van der Waals surface area contributed by atoms with Crippen molar-refractivity contribution < 1.29 is 9.84 Å². The first-order valence-electron chi connectivity index (χ1n) is 11.6. The minimum Gasteiger partial charge on any atom is -0.385 e. The van der Waals surface area contributed by atoms with E-state index in [9.17, 15) is 5.11 Å². The van der Waals surface area contributed by atoms with Crippen LogP contribution in [0, 0.1) is 5.41 Å². The second-order valence-corrected chi connectivity index (χ2v) is 10.0. The Morgan fingerprint density at radius 3 is 2.65 bits per heavy atom. The number of rotatable bonds is 3. The van der Waals surface area contributed by atoms with Crippen LogP contribution < -0.4 is 4.90 Å². The van der Waals surface area contributed by atoms with Crippen LogP contribution in [0.4, 0.5) is 5.82 Å². The molecule has 1 saturated heterocycles. The number of H-pyrrole nitrogens is 1. The van der Waals surface area contributed by atoms with Crippen molar-refractivity contribution in [3.8, 4) is 5.82 Å². The van der Waals surface area contributed by atoms with Gasteiger partial charge in [-0.1, -0.05) is 0 Å². The highest BCUT2D eigenvalue weighted by atomic mass is 16.5. The van der Waals surface area contributed by atoms with Crippen LogP contribution in [0.25, 0.3) is 11.4 Å². The molecular formula is C23H32N6O2. The topological polar surface area (TPSA) is 82.4 Å². The molecule has 8 nitrogen and oxygen atoms in total. The molecule has 1 spiro atoms. The van der Waals surface area contributed by atoms with E-state index in [-0.39, 0.29) is 6.17 Å². The SMILES string of the molecule is C[C@@H]1COCCN1C1C=C(C2(O)CCC3(CC3)CC2)c2cnn(-c3ccn[nH]3)c2N1C. The second-order valence-electron chi connectivity index (χ2n) is 10.0. The lowest BCUT2D eigenvalue weighted by molar-refractivity contribution is -0.0138. The van der Waals surface area contributed by atoms with Gasteiger partial charge in [-0.3, -0.25) is 10.00 Å². The van der Waals surface area contributed by atoms with Gasteiger partial charge in [0.25, 0.3) is 0 Å². The minimum absolute atomic E-state index is 0.0422. The van der Waals surface area contributed by atoms with Gasteiger partial charge in [-0.05, 0) is 62.5 Å². The summed E-state index contributed by atoms with van der Waals surface area (Å²) in [6, 6.07) is 2.23. The highest BCUT2D eigenvalue weighted by Gasteiger charge is 2.51. The van der Waals surface area contributed by atoms with Gasteiger partial charge in [-0.25, -0.2) is 0 Å². The molecule has 1 unspecified atom stereocenters. The minimum atomic E-state index is -0.792. The molecule has 2 aliphatic heterocycles. The lowest BCUT2D eigenvalue weighted by atomic mass is 9.71. The van der Waals surface area contributed by atoms with Gasteiger partial charge in [0.05, 0.1) is 31.2 Å². The number of likely N-dealkylation sites (N-methyl/N-ethyl adjacent to an activating group) is 1. The average molecular weight is 425 g/mol. The molecule has 31 heavy (non-hydrogen) atoms. The Hall–Kier alpha value is -2.16. The first-order chi connectivity index (χ1) is 15.0. The largest absolute Gasteiger partial charge is 0.385 e. The molecule has 4 aliphatic rings. The third-order valence-electron chi connectivity index (χ3n) is 8.15. The molecule has 2 aliphatic carbocycles. The molecular weight excluding hydrogens is 392 g/mol. The molecule has 0 bridgehead atoms. The Morgan fingerprint density at radius 1 is 1.19 bits per heavy atom. The smallest absolute Gasteiger partial charge is 0.151 e. The van der Waals surface area contributed by atoms with Gasteiger partial charge in [0.2, 0.25) is 0 Å². The fraction of sp³-hybridized carbons (Fsp3) is 0.652. The Balaban J connectivity index is 1.44. The summed E-state index contributed by atoms with van der Waals surface area (Å²) in [4.78, 5) is 4.76. The average Bonchev–Trinajstić information content (AvgIpc) is 3.16. The first kappa shape index (κ1) is 19.5. The number of nitrogens with zero attached hydrogens (tertiary/aromatic N) is 5. The van der Waals surface area contributed by atoms with Crippen LogP contribution in [0.3, 0.4) is 0 Å². The maximum absolute atomic E-state index is 11.9. The van der Waals surface area contributed by atoms with Crippen molar-refractivity contribution in [1.29, 1.82) is 0 Å². The lowest BCUT2D eigenvalue weighted by Crippen LogP contribution is -2.56. The summed E-state index contributed by atoms with van der Waals surface area (Å²) in [6.45, 7) is 4.55. The zero-order valence-corrected chi connectivity index (χ0v) is 18.4. The van der Waals surface area contributed by atoms with Crippen molar-refractivity contribution in [1.82, 2.24) is 24.9 Å². The van der Waals surface area contributed by atoms with Crippen LogP contribution in [0.2, 0.25) is 0 Å². The zero-order chi connectivity index (χ0) is 21.2. The summed E-state index contributed by atoms with van der Waals surface area (Å²) < 4.78 is 7.63. The van der Waals surface area contributed by atoms with E-state index >= 15 is 0 Å². The Bertz CT molecular complexity index is 982. The molecule has 166 valence electrons. The summed E-state index contributed by atoms with van der Waals surface area (Å²) in [6.07, 6.45) is 12.6. The number of aromatic amines is 1. The van der Waals surface area contributed by atoms with Crippen molar-refractivity contribution in [2.75, 3.05) is 31.7 Å². The number of aliphatic hydroxyl groups is 1. The predicted octanol–water partition coefficient (Wildman–Crippen LogP) is 2.56. The molecule has 2 atom stereocenters. The number of aromatic nitrogens is 4. The van der Waals surface area contributed by atoms with Gasteiger partial charge < -0.3 is 14.7 Å².